The standard InChI is InChI=1S/C36H29FO11/c1-5-30(38)45-22-43-27-15-10-24(11-16-27)9-12-26-21-29(47-32(40)7-3)34(36(48-33(41)8-4)35(26)42-20-19-37)25-13-17-28(18-14-25)44-23-46-31(39)6-2/h5-8,10-11,13-18,21H,1-4,19-20,22-23H2. The molecule has 0 aliphatic heterocycles. The first kappa shape index (κ1) is 35.9. The van der Waals surface area contributed by atoms with Crippen LogP contribution in [0.3, 0.4) is 0 Å². The Labute approximate surface area is 275 Å². The Balaban J connectivity index is 2.12. The second-order valence-corrected chi connectivity index (χ2v) is 8.90. The van der Waals surface area contributed by atoms with E-state index in [1.165, 1.54) is 18.2 Å². The van der Waals surface area contributed by atoms with E-state index in [1.807, 2.05) is 0 Å². The number of hydrogen-bond acceptors (Lipinski definition) is 11. The average Bonchev–Trinajstić information content (AvgIpc) is 3.10. The molecule has 3 aromatic carbocycles. The summed E-state index contributed by atoms with van der Waals surface area (Å²) < 4.78 is 50.6. The van der Waals surface area contributed by atoms with Gasteiger partial charge in [-0.2, -0.15) is 0 Å². The highest BCUT2D eigenvalue weighted by Gasteiger charge is 2.26. The zero-order chi connectivity index (χ0) is 34.9. The van der Waals surface area contributed by atoms with E-state index in [0.29, 0.717) is 22.6 Å². The molecule has 0 fully saturated rings. The van der Waals surface area contributed by atoms with Gasteiger partial charge in [-0.15, -0.1) is 0 Å². The summed E-state index contributed by atoms with van der Waals surface area (Å²) >= 11 is 0. The minimum absolute atomic E-state index is 0.0723. The van der Waals surface area contributed by atoms with Gasteiger partial charge in [0.05, 0.1) is 11.1 Å². The lowest BCUT2D eigenvalue weighted by molar-refractivity contribution is -0.145. The van der Waals surface area contributed by atoms with Crippen LogP contribution in [0.15, 0.2) is 105 Å². The van der Waals surface area contributed by atoms with Crippen LogP contribution in [0.4, 0.5) is 4.39 Å². The van der Waals surface area contributed by atoms with Crippen LogP contribution in [0.25, 0.3) is 11.1 Å². The van der Waals surface area contributed by atoms with Gasteiger partial charge in [-0.3, -0.25) is 0 Å². The Kier molecular flexibility index (Phi) is 13.7. The average molecular weight is 657 g/mol. The summed E-state index contributed by atoms with van der Waals surface area (Å²) in [5.41, 5.74) is 0.993. The summed E-state index contributed by atoms with van der Waals surface area (Å²) in [6.07, 6.45) is 3.83. The van der Waals surface area contributed by atoms with E-state index in [-0.39, 0.29) is 42.0 Å². The molecule has 0 radical (unpaired) electrons. The quantitative estimate of drug-likeness (QED) is 0.0644. The highest BCUT2D eigenvalue weighted by molar-refractivity contribution is 5.92. The molecule has 12 heteroatoms. The van der Waals surface area contributed by atoms with Gasteiger partial charge in [-0.25, -0.2) is 23.6 Å². The molecular formula is C36H29FO11. The molecule has 0 spiro atoms. The molecule has 11 nitrogen and oxygen atoms in total. The Morgan fingerprint density at radius 1 is 0.646 bits per heavy atom. The number of hydrogen-bond donors (Lipinski definition) is 0. The highest BCUT2D eigenvalue weighted by atomic mass is 19.1. The largest absolute Gasteiger partial charge is 0.486 e. The maximum atomic E-state index is 13.4. The van der Waals surface area contributed by atoms with E-state index in [2.05, 4.69) is 38.2 Å². The molecule has 48 heavy (non-hydrogen) atoms. The summed E-state index contributed by atoms with van der Waals surface area (Å²) in [5, 5.41) is 0. The summed E-state index contributed by atoms with van der Waals surface area (Å²) in [5.74, 6) is 2.99. The van der Waals surface area contributed by atoms with Crippen molar-refractivity contribution in [3.8, 4) is 51.7 Å². The van der Waals surface area contributed by atoms with Crippen molar-refractivity contribution < 1.29 is 56.7 Å². The van der Waals surface area contributed by atoms with Crippen LogP contribution >= 0.6 is 0 Å². The SMILES string of the molecule is C=CC(=O)OCOc1ccc(C#Cc2cc(OC(=O)C=C)c(-c3ccc(OCOC(=O)C=C)cc3)c(OC(=O)C=C)c2OCCF)cc1. The van der Waals surface area contributed by atoms with Crippen molar-refractivity contribution in [2.45, 2.75) is 0 Å². The molecule has 0 unspecified atom stereocenters. The molecule has 0 amide bonds. The lowest BCUT2D eigenvalue weighted by atomic mass is 9.99. The van der Waals surface area contributed by atoms with Gasteiger partial charge in [0, 0.05) is 35.9 Å². The van der Waals surface area contributed by atoms with Crippen LogP contribution in [0, 0.1) is 11.8 Å². The van der Waals surface area contributed by atoms with Crippen LogP contribution in [0.5, 0.6) is 28.7 Å². The van der Waals surface area contributed by atoms with Crippen LogP contribution in [-0.2, 0) is 28.7 Å². The Bertz CT molecular complexity index is 1750. The number of ether oxygens (including phenoxy) is 7. The summed E-state index contributed by atoms with van der Waals surface area (Å²) in [7, 11) is 0. The predicted octanol–water partition coefficient (Wildman–Crippen LogP) is 5.42. The third-order valence-electron chi connectivity index (χ3n) is 5.80. The number of carbonyl (C=O) groups excluding carboxylic acids is 4. The van der Waals surface area contributed by atoms with E-state index in [9.17, 15) is 23.6 Å². The van der Waals surface area contributed by atoms with Crippen LogP contribution in [0.1, 0.15) is 11.1 Å². The van der Waals surface area contributed by atoms with Crippen molar-refractivity contribution in [2.75, 3.05) is 26.9 Å². The molecule has 0 bridgehead atoms. The minimum Gasteiger partial charge on any atom is -0.486 e. The van der Waals surface area contributed by atoms with E-state index in [1.54, 1.807) is 36.4 Å². The minimum atomic E-state index is -0.897. The molecule has 3 rings (SSSR count). The summed E-state index contributed by atoms with van der Waals surface area (Å²) in [6.45, 7) is 11.4. The van der Waals surface area contributed by atoms with E-state index < -0.39 is 37.2 Å². The number of halogens is 1. The maximum absolute atomic E-state index is 13.4. The van der Waals surface area contributed by atoms with Gasteiger partial charge < -0.3 is 33.2 Å². The molecule has 0 N–H and O–H groups in total. The van der Waals surface area contributed by atoms with E-state index >= 15 is 0 Å². The Morgan fingerprint density at radius 2 is 1.17 bits per heavy atom. The highest BCUT2D eigenvalue weighted by Crippen LogP contribution is 2.47. The van der Waals surface area contributed by atoms with Crippen LogP contribution in [0.2, 0.25) is 0 Å². The number of alkyl halides is 1. The summed E-state index contributed by atoms with van der Waals surface area (Å²) in [4.78, 5) is 47.5. The van der Waals surface area contributed by atoms with Crippen molar-refractivity contribution in [2.24, 2.45) is 0 Å². The Hall–Kier alpha value is -6.61. The molecule has 3 aromatic rings. The van der Waals surface area contributed by atoms with Crippen molar-refractivity contribution in [3.05, 3.63) is 116 Å². The third kappa shape index (κ3) is 10.5. The van der Waals surface area contributed by atoms with Crippen molar-refractivity contribution >= 4 is 23.9 Å². The zero-order valence-corrected chi connectivity index (χ0v) is 25.5. The lowest BCUT2D eigenvalue weighted by Crippen LogP contribution is -2.12. The molecule has 246 valence electrons. The monoisotopic (exact) mass is 656 g/mol. The second kappa shape index (κ2) is 18.4. The van der Waals surface area contributed by atoms with Gasteiger partial charge in [0.25, 0.3) is 0 Å². The van der Waals surface area contributed by atoms with Gasteiger partial charge in [0.2, 0.25) is 13.6 Å². The van der Waals surface area contributed by atoms with Gasteiger partial charge in [0.1, 0.15) is 30.5 Å². The third-order valence-corrected chi connectivity index (χ3v) is 5.80. The molecule has 0 saturated carbocycles. The first-order valence-electron chi connectivity index (χ1n) is 13.9. The molecule has 0 aromatic heterocycles. The van der Waals surface area contributed by atoms with Gasteiger partial charge in [-0.1, -0.05) is 50.3 Å². The van der Waals surface area contributed by atoms with Crippen LogP contribution < -0.4 is 23.7 Å². The van der Waals surface area contributed by atoms with Crippen molar-refractivity contribution in [3.63, 3.8) is 0 Å². The fourth-order valence-corrected chi connectivity index (χ4v) is 3.66. The fourth-order valence-electron chi connectivity index (χ4n) is 3.66. The Morgan fingerprint density at radius 3 is 1.69 bits per heavy atom. The molecule has 0 aliphatic rings. The number of rotatable bonds is 16. The molecule has 0 saturated heterocycles. The number of carbonyl (C=O) groups is 4. The van der Waals surface area contributed by atoms with Crippen molar-refractivity contribution in [1.82, 2.24) is 0 Å². The number of esters is 4. The van der Waals surface area contributed by atoms with Gasteiger partial charge in [-0.05, 0) is 42.0 Å². The van der Waals surface area contributed by atoms with Crippen molar-refractivity contribution in [1.29, 1.82) is 0 Å². The summed E-state index contributed by atoms with van der Waals surface area (Å²) in [6, 6.07) is 13.9. The van der Waals surface area contributed by atoms with Gasteiger partial charge in [0.15, 0.2) is 11.5 Å². The number of benzene rings is 3. The predicted molar refractivity (Wildman–Crippen MR) is 171 cm³/mol. The fraction of sp³-hybridized carbons (Fsp3) is 0.111. The van der Waals surface area contributed by atoms with E-state index in [4.69, 9.17) is 33.2 Å². The molecule has 0 aliphatic carbocycles. The zero-order valence-electron chi connectivity index (χ0n) is 25.5. The maximum Gasteiger partial charge on any atom is 0.335 e. The second-order valence-electron chi connectivity index (χ2n) is 8.90. The smallest absolute Gasteiger partial charge is 0.335 e. The topological polar surface area (TPSA) is 133 Å². The normalized spacial score (nSPS) is 9.77. The molecule has 0 atom stereocenters. The first-order valence-corrected chi connectivity index (χ1v) is 13.9. The van der Waals surface area contributed by atoms with Gasteiger partial charge >= 0.3 is 23.9 Å². The molecule has 0 heterocycles. The van der Waals surface area contributed by atoms with E-state index in [0.717, 1.165) is 24.3 Å². The first-order chi connectivity index (χ1) is 23.2. The van der Waals surface area contributed by atoms with Crippen LogP contribution in [-0.4, -0.2) is 50.7 Å². The molecular weight excluding hydrogens is 627 g/mol. The lowest BCUT2D eigenvalue weighted by Gasteiger charge is -2.19.